The van der Waals surface area contributed by atoms with E-state index in [4.69, 9.17) is 4.74 Å². The number of hydrogen-bond donors (Lipinski definition) is 1. The normalized spacial score (nSPS) is 18.1. The third kappa shape index (κ3) is 3.79. The van der Waals surface area contributed by atoms with Gasteiger partial charge in [0, 0.05) is 30.9 Å². The van der Waals surface area contributed by atoms with Crippen molar-refractivity contribution in [1.29, 1.82) is 0 Å². The van der Waals surface area contributed by atoms with E-state index in [0.717, 1.165) is 0 Å². The number of benzene rings is 1. The number of likely N-dealkylation sites (N-methyl/N-ethyl adjacent to an activating group) is 1. The lowest BCUT2D eigenvalue weighted by atomic mass is 10.1. The van der Waals surface area contributed by atoms with E-state index < -0.39 is 16.9 Å². The van der Waals surface area contributed by atoms with Crippen molar-refractivity contribution in [3.63, 3.8) is 0 Å². The highest BCUT2D eigenvalue weighted by Crippen LogP contribution is 2.18. The smallest absolute Gasteiger partial charge is 0.271 e. The maximum Gasteiger partial charge on any atom is 0.271 e. The summed E-state index contributed by atoms with van der Waals surface area (Å²) in [6, 6.07) is 5.63. The first kappa shape index (κ1) is 15.9. The Morgan fingerprint density at radius 2 is 2.32 bits per heavy atom. The molecule has 0 aliphatic carbocycles. The summed E-state index contributed by atoms with van der Waals surface area (Å²) in [6.07, 6.45) is -0.912. The van der Waals surface area contributed by atoms with Crippen molar-refractivity contribution in [3.05, 3.63) is 34.4 Å². The van der Waals surface area contributed by atoms with Crippen molar-refractivity contribution in [2.45, 2.75) is 19.4 Å². The molecule has 0 unspecified atom stereocenters. The molecule has 1 aromatic carbocycles. The molecule has 1 aliphatic heterocycles. The molecular formula is C14H17N3O5. The quantitative estimate of drug-likeness (QED) is 0.650. The van der Waals surface area contributed by atoms with Gasteiger partial charge in [-0.2, -0.15) is 0 Å². The second-order valence-corrected chi connectivity index (χ2v) is 4.84. The van der Waals surface area contributed by atoms with Gasteiger partial charge in [-0.05, 0) is 13.0 Å². The van der Waals surface area contributed by atoms with Gasteiger partial charge in [-0.15, -0.1) is 0 Å². The summed E-state index contributed by atoms with van der Waals surface area (Å²) in [5.41, 5.74) is 0.203. The Labute approximate surface area is 127 Å². The fraction of sp³-hybridized carbons (Fsp3) is 0.429. The number of carbonyl (C=O) groups excluding carboxylic acids is 2. The first-order chi connectivity index (χ1) is 10.5. The van der Waals surface area contributed by atoms with Crippen LogP contribution in [-0.4, -0.2) is 47.4 Å². The standard InChI is InChI=1S/C14H17N3O5/c1-2-16-6-7-22-12(14(16)19)9-13(18)15-10-4-3-5-11(8-10)17(20)21/h3-5,8,12H,2,6-7,9H2,1H3,(H,15,18)/t12-/m0/s1. The van der Waals surface area contributed by atoms with Crippen LogP contribution in [0.1, 0.15) is 13.3 Å². The Bertz CT molecular complexity index is 590. The van der Waals surface area contributed by atoms with Gasteiger partial charge >= 0.3 is 0 Å². The summed E-state index contributed by atoms with van der Waals surface area (Å²) in [6.45, 7) is 3.36. The van der Waals surface area contributed by atoms with Gasteiger partial charge in [-0.25, -0.2) is 0 Å². The van der Waals surface area contributed by atoms with E-state index >= 15 is 0 Å². The van der Waals surface area contributed by atoms with Crippen LogP contribution in [0.25, 0.3) is 0 Å². The Morgan fingerprint density at radius 1 is 1.55 bits per heavy atom. The zero-order chi connectivity index (χ0) is 16.1. The third-order valence-electron chi connectivity index (χ3n) is 3.36. The Morgan fingerprint density at radius 3 is 3.00 bits per heavy atom. The number of hydrogen-bond acceptors (Lipinski definition) is 5. The molecule has 1 fully saturated rings. The van der Waals surface area contributed by atoms with Crippen LogP contribution in [0.5, 0.6) is 0 Å². The summed E-state index contributed by atoms with van der Waals surface area (Å²) in [5.74, 6) is -0.625. The van der Waals surface area contributed by atoms with E-state index in [0.29, 0.717) is 25.4 Å². The van der Waals surface area contributed by atoms with Crippen LogP contribution in [-0.2, 0) is 14.3 Å². The molecule has 22 heavy (non-hydrogen) atoms. The molecule has 8 nitrogen and oxygen atoms in total. The summed E-state index contributed by atoms with van der Waals surface area (Å²) >= 11 is 0. The zero-order valence-corrected chi connectivity index (χ0v) is 12.2. The average Bonchev–Trinajstić information content (AvgIpc) is 2.49. The van der Waals surface area contributed by atoms with E-state index in [1.807, 2.05) is 6.92 Å². The molecule has 1 heterocycles. The fourth-order valence-electron chi connectivity index (χ4n) is 2.23. The number of rotatable bonds is 5. The van der Waals surface area contributed by atoms with E-state index in [2.05, 4.69) is 5.32 Å². The highest BCUT2D eigenvalue weighted by atomic mass is 16.6. The highest BCUT2D eigenvalue weighted by molar-refractivity contribution is 5.95. The number of non-ortho nitro benzene ring substituents is 1. The maximum atomic E-state index is 12.0. The predicted octanol–water partition coefficient (Wildman–Crippen LogP) is 1.17. The van der Waals surface area contributed by atoms with Crippen LogP contribution >= 0.6 is 0 Å². The van der Waals surface area contributed by atoms with Crippen LogP contribution in [0.4, 0.5) is 11.4 Å². The molecule has 0 saturated carbocycles. The molecule has 8 heteroatoms. The molecule has 1 atom stereocenters. The van der Waals surface area contributed by atoms with Gasteiger partial charge in [0.05, 0.1) is 18.0 Å². The van der Waals surface area contributed by atoms with Crippen molar-refractivity contribution in [3.8, 4) is 0 Å². The SMILES string of the molecule is CCN1CCO[C@@H](CC(=O)Nc2cccc([N+](=O)[O-])c2)C1=O. The van der Waals surface area contributed by atoms with Crippen LogP contribution in [0.15, 0.2) is 24.3 Å². The van der Waals surface area contributed by atoms with Gasteiger partial charge in [-0.1, -0.05) is 6.07 Å². The molecule has 0 radical (unpaired) electrons. The van der Waals surface area contributed by atoms with E-state index in [-0.39, 0.29) is 18.0 Å². The number of nitrogens with one attached hydrogen (secondary N) is 1. The largest absolute Gasteiger partial charge is 0.366 e. The number of ether oxygens (including phenoxy) is 1. The van der Waals surface area contributed by atoms with Gasteiger partial charge in [0.15, 0.2) is 0 Å². The molecule has 0 aromatic heterocycles. The summed E-state index contributed by atoms with van der Waals surface area (Å²) < 4.78 is 5.33. The van der Waals surface area contributed by atoms with Crippen molar-refractivity contribution in [1.82, 2.24) is 4.90 Å². The molecule has 1 N–H and O–H groups in total. The van der Waals surface area contributed by atoms with Crippen molar-refractivity contribution in [2.75, 3.05) is 25.0 Å². The van der Waals surface area contributed by atoms with Gasteiger partial charge in [0.25, 0.3) is 11.6 Å². The molecule has 1 saturated heterocycles. The van der Waals surface area contributed by atoms with Crippen molar-refractivity contribution >= 4 is 23.2 Å². The second kappa shape index (κ2) is 6.99. The van der Waals surface area contributed by atoms with E-state index in [9.17, 15) is 19.7 Å². The lowest BCUT2D eigenvalue weighted by molar-refractivity contribution is -0.384. The van der Waals surface area contributed by atoms with E-state index in [1.54, 1.807) is 11.0 Å². The number of amides is 2. The molecule has 1 aromatic rings. The van der Waals surface area contributed by atoms with Gasteiger partial charge in [0.2, 0.25) is 5.91 Å². The summed E-state index contributed by atoms with van der Waals surface area (Å²) in [7, 11) is 0. The monoisotopic (exact) mass is 307 g/mol. The number of anilines is 1. The molecular weight excluding hydrogens is 290 g/mol. The lowest BCUT2D eigenvalue weighted by Gasteiger charge is -2.31. The predicted molar refractivity (Wildman–Crippen MR) is 78.3 cm³/mol. The van der Waals surface area contributed by atoms with E-state index in [1.165, 1.54) is 18.2 Å². The Hall–Kier alpha value is -2.48. The van der Waals surface area contributed by atoms with Crippen LogP contribution in [0.3, 0.4) is 0 Å². The van der Waals surface area contributed by atoms with Crippen molar-refractivity contribution < 1.29 is 19.2 Å². The molecule has 118 valence electrons. The highest BCUT2D eigenvalue weighted by Gasteiger charge is 2.30. The van der Waals surface area contributed by atoms with Gasteiger partial charge in [-0.3, -0.25) is 19.7 Å². The second-order valence-electron chi connectivity index (χ2n) is 4.84. The van der Waals surface area contributed by atoms with Crippen molar-refractivity contribution in [2.24, 2.45) is 0 Å². The minimum atomic E-state index is -0.799. The van der Waals surface area contributed by atoms with Gasteiger partial charge in [0.1, 0.15) is 6.10 Å². The molecule has 0 spiro atoms. The first-order valence-electron chi connectivity index (χ1n) is 6.96. The summed E-state index contributed by atoms with van der Waals surface area (Å²) in [5, 5.41) is 13.2. The fourth-order valence-corrected chi connectivity index (χ4v) is 2.23. The molecule has 2 rings (SSSR count). The van der Waals surface area contributed by atoms with Gasteiger partial charge < -0.3 is 15.0 Å². The number of morpholine rings is 1. The average molecular weight is 307 g/mol. The molecule has 0 bridgehead atoms. The molecule has 2 amide bonds. The van der Waals surface area contributed by atoms with Crippen LogP contribution < -0.4 is 5.32 Å². The Balaban J connectivity index is 1.96. The minimum Gasteiger partial charge on any atom is -0.366 e. The number of nitro groups is 1. The minimum absolute atomic E-state index is 0.111. The number of nitrogens with zero attached hydrogens (tertiary/aromatic N) is 2. The maximum absolute atomic E-state index is 12.0. The van der Waals surface area contributed by atoms with Crippen LogP contribution in [0, 0.1) is 10.1 Å². The number of nitro benzene ring substituents is 1. The third-order valence-corrected chi connectivity index (χ3v) is 3.36. The Kier molecular flexibility index (Phi) is 5.05. The number of carbonyl (C=O) groups is 2. The first-order valence-corrected chi connectivity index (χ1v) is 6.96. The summed E-state index contributed by atoms with van der Waals surface area (Å²) in [4.78, 5) is 35.8. The van der Waals surface area contributed by atoms with Crippen LogP contribution in [0.2, 0.25) is 0 Å². The zero-order valence-electron chi connectivity index (χ0n) is 12.2. The topological polar surface area (TPSA) is 102 Å². The lowest BCUT2D eigenvalue weighted by Crippen LogP contribution is -2.48. The molecule has 1 aliphatic rings.